The topological polar surface area (TPSA) is 201 Å². The van der Waals surface area contributed by atoms with Crippen molar-refractivity contribution < 1.29 is 38.5 Å². The first-order valence-corrected chi connectivity index (χ1v) is 15.6. The lowest BCUT2D eigenvalue weighted by Crippen LogP contribution is -2.56. The van der Waals surface area contributed by atoms with Gasteiger partial charge in [0.05, 0.1) is 31.6 Å². The lowest BCUT2D eigenvalue weighted by molar-refractivity contribution is -0.119. The summed E-state index contributed by atoms with van der Waals surface area (Å²) in [7, 11) is -3.98. The highest BCUT2D eigenvalue weighted by Gasteiger charge is 2.57. The van der Waals surface area contributed by atoms with Crippen LogP contribution >= 0.6 is 19.5 Å². The summed E-state index contributed by atoms with van der Waals surface area (Å²) < 4.78 is 31.0. The Labute approximate surface area is 242 Å². The molecule has 0 bridgehead atoms. The van der Waals surface area contributed by atoms with Gasteiger partial charge in [-0.3, -0.25) is 18.8 Å². The van der Waals surface area contributed by atoms with E-state index in [2.05, 4.69) is 20.1 Å². The molecule has 4 rings (SSSR count). The summed E-state index contributed by atoms with van der Waals surface area (Å²) in [5.74, 6) is 0.440. The smallest absolute Gasteiger partial charge is 0.395 e. The van der Waals surface area contributed by atoms with E-state index in [-0.39, 0.29) is 43.1 Å². The third-order valence-electron chi connectivity index (χ3n) is 6.96. The van der Waals surface area contributed by atoms with Gasteiger partial charge in [0.1, 0.15) is 36.0 Å². The fourth-order valence-corrected chi connectivity index (χ4v) is 6.57. The quantitative estimate of drug-likeness (QED) is 0.153. The number of nitrogens with two attached hydrogens (primary N) is 1. The van der Waals surface area contributed by atoms with Gasteiger partial charge < -0.3 is 30.7 Å². The molecule has 4 unspecified atom stereocenters. The van der Waals surface area contributed by atoms with Gasteiger partial charge in [0, 0.05) is 12.3 Å². The molecule has 1 fully saturated rings. The number of amidine groups is 1. The molecule has 7 atom stereocenters. The van der Waals surface area contributed by atoms with Crippen LogP contribution in [0.25, 0.3) is 0 Å². The fraction of sp³-hybridized carbons (Fsp3) is 0.600. The second-order valence-corrected chi connectivity index (χ2v) is 13.6. The van der Waals surface area contributed by atoms with E-state index in [0.29, 0.717) is 0 Å². The molecule has 226 valence electrons. The van der Waals surface area contributed by atoms with E-state index in [1.54, 1.807) is 18.7 Å². The van der Waals surface area contributed by atoms with E-state index in [4.69, 9.17) is 19.5 Å². The van der Waals surface area contributed by atoms with Crippen molar-refractivity contribution in [3.8, 4) is 0 Å². The molecule has 41 heavy (non-hydrogen) atoms. The molecule has 0 amide bonds. The normalized spacial score (nSPS) is 30.7. The summed E-state index contributed by atoms with van der Waals surface area (Å²) in [6.07, 6.45) is -1.42. The number of aliphatic hydroxyl groups is 3. The highest BCUT2D eigenvalue weighted by molar-refractivity contribution is 8.13. The predicted molar refractivity (Wildman–Crippen MR) is 154 cm³/mol. The number of hydrogen-bond donors (Lipinski definition) is 5. The Morgan fingerprint density at radius 3 is 2.73 bits per heavy atom. The predicted octanol–water partition coefficient (Wildman–Crippen LogP) is 0.470. The van der Waals surface area contributed by atoms with Crippen LogP contribution in [-0.4, -0.2) is 106 Å². The van der Waals surface area contributed by atoms with Gasteiger partial charge in [0.2, 0.25) is 0 Å². The van der Waals surface area contributed by atoms with Crippen LogP contribution in [0.1, 0.15) is 26.3 Å². The lowest BCUT2D eigenvalue weighted by atomic mass is 9.95. The van der Waals surface area contributed by atoms with Crippen molar-refractivity contribution in [1.82, 2.24) is 9.99 Å². The van der Waals surface area contributed by atoms with Gasteiger partial charge in [-0.25, -0.2) is 19.6 Å². The Morgan fingerprint density at radius 1 is 1.29 bits per heavy atom. The standard InChI is InChI=1S/C25H37N6O8PS/c1-24(2,13-32)23(34)41-10-9-37-40(36,30-11-16-7-5-4-6-8-16)38-12-17-19(33)25(3,35)22(39-17)31-15-29-18-20(26)27-14-28-21(18)31/h4-8,14-15,17-19,21-22,32-33,35H,9-13H2,1-3H3,(H,30,36)(H2,26,27,28)/t17-,18?,19?,21?,22-,25+,40?/m1/s1. The maximum atomic E-state index is 13.7. The maximum Gasteiger partial charge on any atom is 0.405 e. The van der Waals surface area contributed by atoms with Gasteiger partial charge in [0.25, 0.3) is 0 Å². The molecular formula is C25H37N6O8PS. The van der Waals surface area contributed by atoms with Crippen LogP contribution in [0.2, 0.25) is 0 Å². The van der Waals surface area contributed by atoms with Crippen molar-refractivity contribution in [2.24, 2.45) is 26.1 Å². The zero-order chi connectivity index (χ0) is 29.8. The Balaban J connectivity index is 1.40. The number of aliphatic imine (C=N–C) groups is 3. The summed E-state index contributed by atoms with van der Waals surface area (Å²) in [6, 6.07) is 8.65. The summed E-state index contributed by atoms with van der Waals surface area (Å²) in [4.78, 5) is 26.4. The Bertz CT molecular complexity index is 1220. The van der Waals surface area contributed by atoms with Gasteiger partial charge >= 0.3 is 7.75 Å². The molecule has 1 aromatic rings. The molecule has 6 N–H and O–H groups in total. The van der Waals surface area contributed by atoms with E-state index in [9.17, 15) is 24.7 Å². The average Bonchev–Trinajstić information content (AvgIpc) is 3.48. The number of rotatable bonds is 13. The van der Waals surface area contributed by atoms with E-state index < -0.39 is 49.4 Å². The first-order valence-electron chi connectivity index (χ1n) is 13.1. The third kappa shape index (κ3) is 7.24. The molecule has 0 saturated carbocycles. The zero-order valence-electron chi connectivity index (χ0n) is 23.1. The number of hydrogen-bond acceptors (Lipinski definition) is 14. The number of benzene rings is 1. The minimum atomic E-state index is -3.98. The highest BCUT2D eigenvalue weighted by Crippen LogP contribution is 2.46. The first kappa shape index (κ1) is 31.7. The number of carbonyl (C=O) groups is 1. The molecule has 3 aliphatic rings. The Morgan fingerprint density at radius 2 is 2.02 bits per heavy atom. The average molecular weight is 613 g/mol. The zero-order valence-corrected chi connectivity index (χ0v) is 24.8. The summed E-state index contributed by atoms with van der Waals surface area (Å²) >= 11 is 0.957. The minimum Gasteiger partial charge on any atom is -0.395 e. The number of thioether (sulfide) groups is 1. The SMILES string of the molecule is CC(C)(CO)C(=O)SCCOP(=O)(NCc1ccccc1)OC[C@H]1O[C@@H](N2C=NC3C(N)=NC=NC32)[C@@](C)(O)C1O. The van der Waals surface area contributed by atoms with Crippen LogP contribution in [0.5, 0.6) is 0 Å². The van der Waals surface area contributed by atoms with Gasteiger partial charge in [-0.15, -0.1) is 0 Å². The number of nitrogens with zero attached hydrogens (tertiary/aromatic N) is 4. The molecular weight excluding hydrogens is 575 g/mol. The Hall–Kier alpha value is -2.20. The van der Waals surface area contributed by atoms with Crippen LogP contribution in [0.15, 0.2) is 45.3 Å². The van der Waals surface area contributed by atoms with E-state index in [1.165, 1.54) is 19.6 Å². The summed E-state index contributed by atoms with van der Waals surface area (Å²) in [6.45, 7) is 4.05. The molecule has 1 saturated heterocycles. The minimum absolute atomic E-state index is 0.0975. The monoisotopic (exact) mass is 612 g/mol. The number of aliphatic hydroxyl groups excluding tert-OH is 2. The second kappa shape index (κ2) is 13.0. The summed E-state index contributed by atoms with van der Waals surface area (Å²) in [5.41, 5.74) is 4.07. The van der Waals surface area contributed by atoms with Gasteiger partial charge in [-0.2, -0.15) is 0 Å². The van der Waals surface area contributed by atoms with Crippen LogP contribution < -0.4 is 10.8 Å². The number of nitrogens with one attached hydrogen (secondary N) is 1. The number of ether oxygens (including phenoxy) is 1. The second-order valence-electron chi connectivity index (χ2n) is 10.7. The van der Waals surface area contributed by atoms with Crippen LogP contribution in [0.4, 0.5) is 0 Å². The summed E-state index contributed by atoms with van der Waals surface area (Å²) in [5, 5.41) is 34.1. The molecule has 3 heterocycles. The van der Waals surface area contributed by atoms with E-state index in [1.807, 2.05) is 30.3 Å². The van der Waals surface area contributed by atoms with Crippen molar-refractivity contribution in [3.05, 3.63) is 35.9 Å². The number of fused-ring (bicyclic) bond motifs is 1. The van der Waals surface area contributed by atoms with Crippen molar-refractivity contribution in [3.63, 3.8) is 0 Å². The molecule has 14 nitrogen and oxygen atoms in total. The molecule has 3 aliphatic heterocycles. The first-order chi connectivity index (χ1) is 19.4. The van der Waals surface area contributed by atoms with Crippen LogP contribution in [0, 0.1) is 5.41 Å². The van der Waals surface area contributed by atoms with Crippen molar-refractivity contribution in [2.45, 2.75) is 63.6 Å². The molecule has 0 aliphatic carbocycles. The molecule has 0 radical (unpaired) electrons. The van der Waals surface area contributed by atoms with Gasteiger partial charge in [-0.1, -0.05) is 42.1 Å². The fourth-order valence-electron chi connectivity index (χ4n) is 4.33. The van der Waals surface area contributed by atoms with Crippen molar-refractivity contribution in [1.29, 1.82) is 0 Å². The van der Waals surface area contributed by atoms with Crippen molar-refractivity contribution in [2.75, 3.05) is 25.6 Å². The molecule has 1 aromatic carbocycles. The van der Waals surface area contributed by atoms with E-state index in [0.717, 1.165) is 17.3 Å². The molecule has 0 spiro atoms. The van der Waals surface area contributed by atoms with Gasteiger partial charge in [-0.05, 0) is 26.3 Å². The molecule has 16 heteroatoms. The van der Waals surface area contributed by atoms with Crippen LogP contribution in [0.3, 0.4) is 0 Å². The third-order valence-corrected chi connectivity index (χ3v) is 9.70. The largest absolute Gasteiger partial charge is 0.405 e. The maximum absolute atomic E-state index is 13.7. The van der Waals surface area contributed by atoms with Crippen LogP contribution in [-0.2, 0) is 29.7 Å². The molecule has 0 aromatic heterocycles. The van der Waals surface area contributed by atoms with Gasteiger partial charge in [0.15, 0.2) is 17.5 Å². The lowest BCUT2D eigenvalue weighted by Gasteiger charge is -2.36. The van der Waals surface area contributed by atoms with Crippen molar-refractivity contribution >= 4 is 43.1 Å². The Kier molecular flexibility index (Phi) is 10.0. The number of carbonyl (C=O) groups excluding carboxylic acids is 1. The van der Waals surface area contributed by atoms with E-state index >= 15 is 0 Å². The highest BCUT2D eigenvalue weighted by atomic mass is 32.2.